The van der Waals surface area contributed by atoms with Crippen LogP contribution in [0.4, 0.5) is 11.4 Å². The molecular weight excluding hydrogens is 450 g/mol. The zero-order valence-corrected chi connectivity index (χ0v) is 18.8. The molecule has 35 heavy (non-hydrogen) atoms. The molecule has 10 heteroatoms. The number of furan rings is 1. The van der Waals surface area contributed by atoms with E-state index in [2.05, 4.69) is 5.32 Å². The maximum absolute atomic E-state index is 13.0. The number of para-hydroxylation sites is 2. The number of carbonyl (C=O) groups excluding carboxylic acids is 1. The summed E-state index contributed by atoms with van der Waals surface area (Å²) in [5.74, 6) is -0.426. The third-order valence-electron chi connectivity index (χ3n) is 5.44. The molecule has 0 saturated carbocycles. The number of hydrogen-bond acceptors (Lipinski definition) is 6. The molecule has 2 aromatic heterocycles. The van der Waals surface area contributed by atoms with Crippen LogP contribution in [-0.4, -0.2) is 20.2 Å². The van der Waals surface area contributed by atoms with E-state index in [1.54, 1.807) is 61.1 Å². The van der Waals surface area contributed by atoms with Crippen LogP contribution in [0.15, 0.2) is 81.5 Å². The standard InChI is InChI=1S/C25H19N5O5/c1-16-23(25(32)29(28(16)2)18-8-4-3-5-9-18)27-24(31)17(15-26)14-19-12-13-22(35-19)20-10-6-7-11-21(20)30(33)34/h3-14H,1-2H3,(H,27,31)/b17-14+. The predicted octanol–water partition coefficient (Wildman–Crippen LogP) is 4.20. The van der Waals surface area contributed by atoms with Crippen molar-refractivity contribution in [3.63, 3.8) is 0 Å². The molecule has 0 aliphatic heterocycles. The van der Waals surface area contributed by atoms with E-state index in [4.69, 9.17) is 4.42 Å². The van der Waals surface area contributed by atoms with Crippen LogP contribution >= 0.6 is 0 Å². The molecule has 174 valence electrons. The highest BCUT2D eigenvalue weighted by atomic mass is 16.6. The van der Waals surface area contributed by atoms with Crippen LogP contribution in [0, 0.1) is 28.4 Å². The molecule has 2 heterocycles. The molecule has 1 N–H and O–H groups in total. The molecule has 1 amide bonds. The van der Waals surface area contributed by atoms with Gasteiger partial charge in [0.15, 0.2) is 0 Å². The Morgan fingerprint density at radius 1 is 1.11 bits per heavy atom. The van der Waals surface area contributed by atoms with Crippen LogP contribution in [0.2, 0.25) is 0 Å². The highest BCUT2D eigenvalue weighted by Gasteiger charge is 2.21. The largest absolute Gasteiger partial charge is 0.456 e. The van der Waals surface area contributed by atoms with E-state index < -0.39 is 16.4 Å². The second-order valence-corrected chi connectivity index (χ2v) is 7.54. The highest BCUT2D eigenvalue weighted by molar-refractivity contribution is 6.09. The third-order valence-corrected chi connectivity index (χ3v) is 5.44. The maximum atomic E-state index is 13.0. The van der Waals surface area contributed by atoms with Gasteiger partial charge in [0, 0.05) is 19.2 Å². The summed E-state index contributed by atoms with van der Waals surface area (Å²) in [5, 5.41) is 23.4. The Kier molecular flexibility index (Phi) is 6.16. The summed E-state index contributed by atoms with van der Waals surface area (Å²) in [6.45, 7) is 1.68. The lowest BCUT2D eigenvalue weighted by molar-refractivity contribution is -0.384. The van der Waals surface area contributed by atoms with E-state index in [0.29, 0.717) is 11.4 Å². The number of nitrogens with one attached hydrogen (secondary N) is 1. The van der Waals surface area contributed by atoms with Crippen molar-refractivity contribution in [1.82, 2.24) is 9.36 Å². The number of hydrogen-bond donors (Lipinski definition) is 1. The molecule has 2 aromatic carbocycles. The van der Waals surface area contributed by atoms with E-state index in [9.17, 15) is 25.0 Å². The van der Waals surface area contributed by atoms with Crippen molar-refractivity contribution in [2.45, 2.75) is 6.92 Å². The summed E-state index contributed by atoms with van der Waals surface area (Å²) < 4.78 is 8.65. The fraction of sp³-hybridized carbons (Fsp3) is 0.0800. The first-order valence-corrected chi connectivity index (χ1v) is 10.4. The molecule has 0 bridgehead atoms. The molecule has 0 saturated heterocycles. The second-order valence-electron chi connectivity index (χ2n) is 7.54. The van der Waals surface area contributed by atoms with Crippen LogP contribution in [0.5, 0.6) is 0 Å². The first-order chi connectivity index (χ1) is 16.8. The summed E-state index contributed by atoms with van der Waals surface area (Å²) in [7, 11) is 1.69. The van der Waals surface area contributed by atoms with Crippen molar-refractivity contribution in [2.24, 2.45) is 7.05 Å². The number of anilines is 1. The SMILES string of the molecule is Cc1c(NC(=O)/C(C#N)=C/c2ccc(-c3ccccc3[N+](=O)[O-])o2)c(=O)n(-c2ccccc2)n1C. The van der Waals surface area contributed by atoms with Gasteiger partial charge in [-0.1, -0.05) is 30.3 Å². The van der Waals surface area contributed by atoms with Gasteiger partial charge in [-0.25, -0.2) is 4.68 Å². The van der Waals surface area contributed by atoms with Gasteiger partial charge >= 0.3 is 0 Å². The Labute approximate surface area is 199 Å². The number of benzene rings is 2. The van der Waals surface area contributed by atoms with Gasteiger partial charge in [-0.05, 0) is 37.3 Å². The van der Waals surface area contributed by atoms with Crippen LogP contribution in [0.3, 0.4) is 0 Å². The molecule has 0 aliphatic carbocycles. The number of rotatable bonds is 6. The lowest BCUT2D eigenvalue weighted by atomic mass is 10.1. The monoisotopic (exact) mass is 469 g/mol. The van der Waals surface area contributed by atoms with Gasteiger partial charge in [0.25, 0.3) is 17.2 Å². The van der Waals surface area contributed by atoms with Crippen molar-refractivity contribution < 1.29 is 14.1 Å². The minimum atomic E-state index is -0.790. The topological polar surface area (TPSA) is 136 Å². The van der Waals surface area contributed by atoms with Gasteiger partial charge in [-0.15, -0.1) is 0 Å². The van der Waals surface area contributed by atoms with E-state index in [1.165, 1.54) is 35.0 Å². The van der Waals surface area contributed by atoms with Crippen LogP contribution in [0.1, 0.15) is 11.5 Å². The molecule has 0 aliphatic rings. The van der Waals surface area contributed by atoms with E-state index >= 15 is 0 Å². The predicted molar refractivity (Wildman–Crippen MR) is 129 cm³/mol. The minimum Gasteiger partial charge on any atom is -0.456 e. The lowest BCUT2D eigenvalue weighted by Crippen LogP contribution is -2.23. The zero-order valence-electron chi connectivity index (χ0n) is 18.8. The number of carbonyl (C=O) groups is 1. The van der Waals surface area contributed by atoms with Gasteiger partial charge in [0.1, 0.15) is 28.9 Å². The minimum absolute atomic E-state index is 0.0440. The first kappa shape index (κ1) is 23.0. The summed E-state index contributed by atoms with van der Waals surface area (Å²) in [4.78, 5) is 36.6. The number of nitro benzene ring substituents is 1. The fourth-order valence-electron chi connectivity index (χ4n) is 3.60. The Hall–Kier alpha value is -5.17. The van der Waals surface area contributed by atoms with Crippen molar-refractivity contribution in [2.75, 3.05) is 5.32 Å². The number of nitrogens with zero attached hydrogens (tertiary/aromatic N) is 4. The number of nitro groups is 1. The number of aromatic nitrogens is 2. The number of amides is 1. The Morgan fingerprint density at radius 3 is 2.49 bits per heavy atom. The summed E-state index contributed by atoms with van der Waals surface area (Å²) in [5.41, 5.74) is 0.550. The van der Waals surface area contributed by atoms with Crippen molar-refractivity contribution in [3.8, 4) is 23.1 Å². The lowest BCUT2D eigenvalue weighted by Gasteiger charge is -2.07. The molecule has 4 aromatic rings. The Bertz CT molecular complexity index is 1570. The van der Waals surface area contributed by atoms with Crippen molar-refractivity contribution >= 4 is 23.4 Å². The Balaban J connectivity index is 1.63. The average molecular weight is 469 g/mol. The molecule has 0 atom stereocenters. The quantitative estimate of drug-likeness (QED) is 0.195. The molecule has 0 spiro atoms. The van der Waals surface area contributed by atoms with Gasteiger partial charge in [-0.2, -0.15) is 5.26 Å². The molecule has 10 nitrogen and oxygen atoms in total. The van der Waals surface area contributed by atoms with E-state index in [-0.39, 0.29) is 34.0 Å². The van der Waals surface area contributed by atoms with Crippen LogP contribution < -0.4 is 10.9 Å². The molecule has 0 radical (unpaired) electrons. The van der Waals surface area contributed by atoms with Gasteiger partial charge in [-0.3, -0.25) is 24.4 Å². The summed E-state index contributed by atoms with van der Waals surface area (Å²) >= 11 is 0. The molecule has 0 fully saturated rings. The smallest absolute Gasteiger partial charge is 0.295 e. The van der Waals surface area contributed by atoms with Gasteiger partial charge < -0.3 is 9.73 Å². The summed E-state index contributed by atoms with van der Waals surface area (Å²) in [6, 6.07) is 19.8. The first-order valence-electron chi connectivity index (χ1n) is 10.4. The average Bonchev–Trinajstić information content (AvgIpc) is 3.41. The Morgan fingerprint density at radius 2 is 1.80 bits per heavy atom. The second kappa shape index (κ2) is 9.36. The van der Waals surface area contributed by atoms with Gasteiger partial charge in [0.05, 0.1) is 21.9 Å². The number of nitriles is 1. The molecular formula is C25H19N5O5. The van der Waals surface area contributed by atoms with E-state index in [0.717, 1.165) is 0 Å². The molecule has 4 rings (SSSR count). The third kappa shape index (κ3) is 4.38. The summed E-state index contributed by atoms with van der Waals surface area (Å²) in [6.07, 6.45) is 1.21. The zero-order chi connectivity index (χ0) is 25.1. The van der Waals surface area contributed by atoms with Gasteiger partial charge in [0.2, 0.25) is 0 Å². The fourth-order valence-corrected chi connectivity index (χ4v) is 3.60. The maximum Gasteiger partial charge on any atom is 0.295 e. The van der Waals surface area contributed by atoms with Crippen molar-refractivity contribution in [1.29, 1.82) is 5.26 Å². The van der Waals surface area contributed by atoms with Crippen molar-refractivity contribution in [3.05, 3.63) is 104 Å². The van der Waals surface area contributed by atoms with Crippen LogP contribution in [-0.2, 0) is 11.8 Å². The normalized spacial score (nSPS) is 11.2. The molecule has 0 unspecified atom stereocenters. The highest BCUT2D eigenvalue weighted by Crippen LogP contribution is 2.31. The van der Waals surface area contributed by atoms with Crippen LogP contribution in [0.25, 0.3) is 23.1 Å². The van der Waals surface area contributed by atoms with E-state index in [1.807, 2.05) is 6.07 Å².